The lowest BCUT2D eigenvalue weighted by Crippen LogP contribution is -2.44. The first-order valence-electron chi connectivity index (χ1n) is 7.27. The minimum Gasteiger partial charge on any atom is -0.338 e. The number of hydrogen-bond donors (Lipinski definition) is 2. The van der Waals surface area contributed by atoms with Crippen molar-refractivity contribution in [2.24, 2.45) is 0 Å². The zero-order valence-corrected chi connectivity index (χ0v) is 15.7. The molecule has 1 aliphatic rings. The van der Waals surface area contributed by atoms with Crippen LogP contribution in [0.5, 0.6) is 0 Å². The molecule has 134 valence electrons. The molecule has 2 aromatic rings. The Kier molecular flexibility index (Phi) is 6.34. The molecule has 0 radical (unpaired) electrons. The summed E-state index contributed by atoms with van der Waals surface area (Å²) in [5, 5.41) is 9.01. The molecule has 2 unspecified atom stereocenters. The van der Waals surface area contributed by atoms with Gasteiger partial charge in [-0.05, 0) is 25.4 Å². The Bertz CT molecular complexity index is 750. The van der Waals surface area contributed by atoms with Crippen molar-refractivity contribution in [3.63, 3.8) is 0 Å². The summed E-state index contributed by atoms with van der Waals surface area (Å²) >= 11 is 1.16. The molecule has 1 aliphatic heterocycles. The third-order valence-electron chi connectivity index (χ3n) is 3.73. The van der Waals surface area contributed by atoms with Crippen molar-refractivity contribution in [2.45, 2.75) is 23.2 Å². The van der Waals surface area contributed by atoms with Crippen LogP contribution < -0.4 is 10.0 Å². The van der Waals surface area contributed by atoms with Crippen molar-refractivity contribution in [1.82, 2.24) is 25.1 Å². The lowest BCUT2D eigenvalue weighted by Gasteiger charge is -2.30. The molecule has 0 amide bonds. The average molecular weight is 394 g/mol. The Labute approximate surface area is 151 Å². The van der Waals surface area contributed by atoms with Crippen molar-refractivity contribution in [3.05, 3.63) is 29.2 Å². The lowest BCUT2D eigenvalue weighted by molar-refractivity contribution is 0.190. The fraction of sp³-hybridized carbons (Fsp3) is 0.538. The smallest absolute Gasteiger partial charge is 0.250 e. The van der Waals surface area contributed by atoms with E-state index in [0.717, 1.165) is 31.0 Å². The van der Waals surface area contributed by atoms with Gasteiger partial charge in [-0.1, -0.05) is 11.2 Å². The zero-order valence-electron chi connectivity index (χ0n) is 13.3. The van der Waals surface area contributed by atoms with E-state index in [1.54, 1.807) is 24.4 Å². The number of piperazine rings is 1. The maximum absolute atomic E-state index is 12.2. The van der Waals surface area contributed by atoms with E-state index in [2.05, 4.69) is 25.1 Å². The fourth-order valence-electron chi connectivity index (χ4n) is 2.41. The van der Waals surface area contributed by atoms with Crippen molar-refractivity contribution in [2.75, 3.05) is 26.7 Å². The summed E-state index contributed by atoms with van der Waals surface area (Å²) in [6, 6.07) is 2.69. The van der Waals surface area contributed by atoms with Gasteiger partial charge in [0.1, 0.15) is 4.21 Å². The molecule has 1 saturated heterocycles. The van der Waals surface area contributed by atoms with Gasteiger partial charge in [-0.15, -0.1) is 23.7 Å². The number of sulfonamides is 1. The van der Waals surface area contributed by atoms with Gasteiger partial charge in [0.2, 0.25) is 5.89 Å². The Balaban J connectivity index is 0.00000208. The van der Waals surface area contributed by atoms with Gasteiger partial charge in [0.25, 0.3) is 10.0 Å². The van der Waals surface area contributed by atoms with E-state index < -0.39 is 16.1 Å². The first kappa shape index (κ1) is 19.3. The predicted molar refractivity (Wildman–Crippen MR) is 92.8 cm³/mol. The molecule has 2 N–H and O–H groups in total. The first-order chi connectivity index (χ1) is 11.0. The van der Waals surface area contributed by atoms with Gasteiger partial charge >= 0.3 is 0 Å². The van der Waals surface area contributed by atoms with Crippen LogP contribution >= 0.6 is 23.7 Å². The molecule has 2 atom stereocenters. The van der Waals surface area contributed by atoms with Gasteiger partial charge in [0.05, 0.1) is 12.1 Å². The zero-order chi connectivity index (χ0) is 16.4. The highest BCUT2D eigenvalue weighted by atomic mass is 35.5. The number of likely N-dealkylation sites (N-methyl/N-ethyl adjacent to an activating group) is 1. The van der Waals surface area contributed by atoms with E-state index >= 15 is 0 Å². The maximum Gasteiger partial charge on any atom is 0.250 e. The van der Waals surface area contributed by atoms with Gasteiger partial charge in [0.15, 0.2) is 5.82 Å². The van der Waals surface area contributed by atoms with Crippen LogP contribution in [0.15, 0.2) is 26.2 Å². The van der Waals surface area contributed by atoms with E-state index in [1.807, 2.05) is 7.05 Å². The third kappa shape index (κ3) is 4.13. The van der Waals surface area contributed by atoms with Crippen LogP contribution in [-0.4, -0.2) is 50.1 Å². The summed E-state index contributed by atoms with van der Waals surface area (Å²) in [6.45, 7) is 4.25. The number of hydrogen-bond acceptors (Lipinski definition) is 8. The average Bonchev–Trinajstić information content (AvgIpc) is 3.19. The van der Waals surface area contributed by atoms with Gasteiger partial charge in [-0.2, -0.15) is 9.71 Å². The van der Waals surface area contributed by atoms with Gasteiger partial charge in [-0.25, -0.2) is 8.42 Å². The van der Waals surface area contributed by atoms with E-state index in [9.17, 15) is 8.42 Å². The van der Waals surface area contributed by atoms with Crippen LogP contribution in [0, 0.1) is 0 Å². The summed E-state index contributed by atoms with van der Waals surface area (Å²) in [5.41, 5.74) is 0. The second kappa shape index (κ2) is 7.89. The Morgan fingerprint density at radius 2 is 2.33 bits per heavy atom. The Hall–Kier alpha value is -1.04. The highest BCUT2D eigenvalue weighted by Gasteiger charge is 2.28. The largest absolute Gasteiger partial charge is 0.338 e. The molecular weight excluding hydrogens is 374 g/mol. The Morgan fingerprint density at radius 1 is 1.54 bits per heavy atom. The quantitative estimate of drug-likeness (QED) is 0.786. The van der Waals surface area contributed by atoms with E-state index in [1.165, 1.54) is 0 Å². The fourth-order valence-corrected chi connectivity index (χ4v) is 4.62. The lowest BCUT2D eigenvalue weighted by atomic mass is 10.2. The highest BCUT2D eigenvalue weighted by molar-refractivity contribution is 7.91. The molecular formula is C13H20ClN5O3S2. The number of nitrogens with zero attached hydrogens (tertiary/aromatic N) is 3. The molecule has 0 bridgehead atoms. The summed E-state index contributed by atoms with van der Waals surface area (Å²) in [5.74, 6) is 0.830. The summed E-state index contributed by atoms with van der Waals surface area (Å²) in [6.07, 6.45) is 0. The van der Waals surface area contributed by atoms with Crippen LogP contribution in [0.1, 0.15) is 30.7 Å². The van der Waals surface area contributed by atoms with Gasteiger partial charge in [0, 0.05) is 19.6 Å². The van der Waals surface area contributed by atoms with Crippen LogP contribution in [0.2, 0.25) is 0 Å². The Morgan fingerprint density at radius 3 is 3.00 bits per heavy atom. The van der Waals surface area contributed by atoms with Crippen LogP contribution in [0.3, 0.4) is 0 Å². The number of thiophene rings is 1. The van der Waals surface area contributed by atoms with E-state index in [0.29, 0.717) is 5.82 Å². The molecule has 11 heteroatoms. The maximum atomic E-state index is 12.2. The molecule has 3 heterocycles. The van der Waals surface area contributed by atoms with Gasteiger partial charge < -0.3 is 9.84 Å². The number of rotatable bonds is 5. The van der Waals surface area contributed by atoms with Crippen LogP contribution in [-0.2, 0) is 10.0 Å². The van der Waals surface area contributed by atoms with Crippen molar-refractivity contribution >= 4 is 33.8 Å². The van der Waals surface area contributed by atoms with E-state index in [-0.39, 0.29) is 28.5 Å². The SMILES string of the molecule is CC(NS(=O)(=O)c1cccs1)c1nc(C2CNCCN2C)no1.Cl. The standard InChI is InChI=1S/C13H19N5O3S2.ClH/c1-9(17-23(19,20)11-4-3-7-22-11)13-15-12(16-21-13)10-8-14-5-6-18(10)2;/h3-4,7,9-10,14,17H,5-6,8H2,1-2H3;1H. The number of halogens is 1. The molecule has 1 fully saturated rings. The van der Waals surface area contributed by atoms with Crippen molar-refractivity contribution in [1.29, 1.82) is 0 Å². The summed E-state index contributed by atoms with van der Waals surface area (Å²) in [4.78, 5) is 6.51. The summed E-state index contributed by atoms with van der Waals surface area (Å²) in [7, 11) is -1.57. The molecule has 3 rings (SSSR count). The number of aromatic nitrogens is 2. The predicted octanol–water partition coefficient (Wildman–Crippen LogP) is 1.17. The molecule has 0 aromatic carbocycles. The molecule has 2 aromatic heterocycles. The summed E-state index contributed by atoms with van der Waals surface area (Å²) < 4.78 is 32.5. The molecule has 0 saturated carbocycles. The molecule has 0 aliphatic carbocycles. The number of nitrogens with one attached hydrogen (secondary N) is 2. The first-order valence-corrected chi connectivity index (χ1v) is 9.64. The van der Waals surface area contributed by atoms with E-state index in [4.69, 9.17) is 4.52 Å². The van der Waals surface area contributed by atoms with Crippen LogP contribution in [0.4, 0.5) is 0 Å². The molecule has 24 heavy (non-hydrogen) atoms. The molecule has 8 nitrogen and oxygen atoms in total. The second-order valence-electron chi connectivity index (χ2n) is 5.47. The molecule has 0 spiro atoms. The van der Waals surface area contributed by atoms with Gasteiger partial charge in [-0.3, -0.25) is 4.90 Å². The highest BCUT2D eigenvalue weighted by Crippen LogP contribution is 2.22. The van der Waals surface area contributed by atoms with Crippen molar-refractivity contribution < 1.29 is 12.9 Å². The normalized spacial score (nSPS) is 20.5. The van der Waals surface area contributed by atoms with Crippen molar-refractivity contribution in [3.8, 4) is 0 Å². The minimum atomic E-state index is -3.57. The second-order valence-corrected chi connectivity index (χ2v) is 8.35. The van der Waals surface area contributed by atoms with Crippen LogP contribution in [0.25, 0.3) is 0 Å². The topological polar surface area (TPSA) is 100 Å². The minimum absolute atomic E-state index is 0. The monoisotopic (exact) mass is 393 g/mol. The third-order valence-corrected chi connectivity index (χ3v) is 6.67.